The van der Waals surface area contributed by atoms with Gasteiger partial charge in [-0.05, 0) is 25.7 Å². The Morgan fingerprint density at radius 3 is 1.28 bits per heavy atom. The van der Waals surface area contributed by atoms with Crippen molar-refractivity contribution in [1.29, 1.82) is 0 Å². The first kappa shape index (κ1) is 21.0. The van der Waals surface area contributed by atoms with Crippen molar-refractivity contribution in [3.8, 4) is 0 Å². The fraction of sp³-hybridized carbons (Fsp3) is 1.00. The Labute approximate surface area is 130 Å². The smallest absolute Gasteiger partial charge is 0.0786 e. The normalized spacial score (nSPS) is 11.5. The van der Waals surface area contributed by atoms with Gasteiger partial charge in [0, 0.05) is 10.2 Å². The Balaban J connectivity index is 0. The van der Waals surface area contributed by atoms with Crippen LogP contribution in [0.1, 0.15) is 65.7 Å². The topological polar surface area (TPSA) is 0 Å². The molecule has 0 aliphatic rings. The molecule has 0 rings (SSSR count). The van der Waals surface area contributed by atoms with Crippen molar-refractivity contribution in [1.82, 2.24) is 0 Å². The van der Waals surface area contributed by atoms with E-state index in [0.717, 1.165) is 0 Å². The van der Waals surface area contributed by atoms with Crippen molar-refractivity contribution in [3.05, 3.63) is 0 Å². The lowest BCUT2D eigenvalue weighted by Gasteiger charge is -2.39. The van der Waals surface area contributed by atoms with Gasteiger partial charge in [-0.2, -0.15) is 0 Å². The van der Waals surface area contributed by atoms with E-state index in [1.54, 1.807) is 0 Å². The number of unbranched alkanes of at least 4 members (excludes halogenated alkanes) is 3. The molecule has 0 aliphatic carbocycles. The molecular formula is C15H36BrNSi. The third-order valence-electron chi connectivity index (χ3n) is 3.94. The van der Waals surface area contributed by atoms with Crippen molar-refractivity contribution >= 4 is 10.2 Å². The van der Waals surface area contributed by atoms with Gasteiger partial charge in [0.25, 0.3) is 0 Å². The van der Waals surface area contributed by atoms with Crippen LogP contribution in [-0.2, 0) is 0 Å². The number of nitrogens with zero attached hydrogens (tertiary/aromatic N) is 1. The van der Waals surface area contributed by atoms with E-state index in [1.807, 2.05) is 0 Å². The zero-order chi connectivity index (χ0) is 13.0. The fourth-order valence-electron chi connectivity index (χ4n) is 2.64. The fourth-order valence-corrected chi connectivity index (χ4v) is 2.96. The lowest BCUT2D eigenvalue weighted by molar-refractivity contribution is -0.928. The molecule has 0 saturated heterocycles. The first-order valence-electron chi connectivity index (χ1n) is 8.09. The van der Waals surface area contributed by atoms with Gasteiger partial charge < -0.3 is 21.5 Å². The molecule has 0 fully saturated rings. The van der Waals surface area contributed by atoms with Gasteiger partial charge in [-0.25, -0.2) is 0 Å². The quantitative estimate of drug-likeness (QED) is 0.357. The Kier molecular flexibility index (Phi) is 16.4. The summed E-state index contributed by atoms with van der Waals surface area (Å²) >= 11 is 0. The highest BCUT2D eigenvalue weighted by Gasteiger charge is 2.24. The minimum Gasteiger partial charge on any atom is -1.00 e. The van der Waals surface area contributed by atoms with Crippen LogP contribution in [0, 0.1) is 0 Å². The summed E-state index contributed by atoms with van der Waals surface area (Å²) in [5.41, 5.74) is 0. The maximum Gasteiger partial charge on any atom is 0.0786 e. The number of hydrogen-bond acceptors (Lipinski definition) is 0. The Bertz CT molecular complexity index is 127. The van der Waals surface area contributed by atoms with E-state index in [-0.39, 0.29) is 17.0 Å². The summed E-state index contributed by atoms with van der Waals surface area (Å²) in [5.74, 6) is 0. The molecule has 0 aliphatic heterocycles. The molecule has 0 amide bonds. The molecule has 0 aromatic rings. The van der Waals surface area contributed by atoms with Crippen LogP contribution < -0.4 is 17.0 Å². The third kappa shape index (κ3) is 9.57. The molecule has 0 atom stereocenters. The van der Waals surface area contributed by atoms with Crippen LogP contribution >= 0.6 is 0 Å². The predicted molar refractivity (Wildman–Crippen MR) is 83.8 cm³/mol. The van der Waals surface area contributed by atoms with Crippen LogP contribution in [0.15, 0.2) is 0 Å². The minimum absolute atomic E-state index is 0. The molecule has 18 heavy (non-hydrogen) atoms. The lowest BCUT2D eigenvalue weighted by Crippen LogP contribution is -3.00. The van der Waals surface area contributed by atoms with Crippen LogP contribution in [0.25, 0.3) is 0 Å². The van der Waals surface area contributed by atoms with Gasteiger partial charge in [0.15, 0.2) is 0 Å². The van der Waals surface area contributed by atoms with E-state index in [9.17, 15) is 0 Å². The van der Waals surface area contributed by atoms with Gasteiger partial charge in [-0.15, -0.1) is 0 Å². The van der Waals surface area contributed by atoms with Gasteiger partial charge in [0.05, 0.1) is 26.2 Å². The Morgan fingerprint density at radius 2 is 1.00 bits per heavy atom. The first-order chi connectivity index (χ1) is 8.24. The van der Waals surface area contributed by atoms with Gasteiger partial charge >= 0.3 is 0 Å². The second-order valence-corrected chi connectivity index (χ2v) is 6.65. The standard InChI is InChI=1S/C15H36NSi.BrH/c1-4-7-11-16(12-8-5-2,13-9-6-3)14-10-15-17;/h4-15H2,1-3,17H3;1H/q+1;/p-1. The van der Waals surface area contributed by atoms with Crippen molar-refractivity contribution in [3.63, 3.8) is 0 Å². The van der Waals surface area contributed by atoms with Crippen molar-refractivity contribution in [2.24, 2.45) is 0 Å². The van der Waals surface area contributed by atoms with Crippen molar-refractivity contribution < 1.29 is 21.5 Å². The van der Waals surface area contributed by atoms with Crippen LogP contribution in [0.5, 0.6) is 0 Å². The van der Waals surface area contributed by atoms with Crippen LogP contribution in [0.4, 0.5) is 0 Å². The van der Waals surface area contributed by atoms with Crippen LogP contribution in [0.3, 0.4) is 0 Å². The zero-order valence-electron chi connectivity index (χ0n) is 13.3. The Hall–Kier alpha value is 0.657. The summed E-state index contributed by atoms with van der Waals surface area (Å²) in [7, 11) is 1.39. The summed E-state index contributed by atoms with van der Waals surface area (Å²) in [6, 6.07) is 1.49. The van der Waals surface area contributed by atoms with E-state index >= 15 is 0 Å². The predicted octanol–water partition coefficient (Wildman–Crippen LogP) is 0.381. The largest absolute Gasteiger partial charge is 1.00 e. The van der Waals surface area contributed by atoms with E-state index in [2.05, 4.69) is 20.8 Å². The lowest BCUT2D eigenvalue weighted by atomic mass is 10.1. The van der Waals surface area contributed by atoms with E-state index in [4.69, 9.17) is 0 Å². The molecule has 0 radical (unpaired) electrons. The highest BCUT2D eigenvalue weighted by atomic mass is 79.9. The maximum atomic E-state index is 2.33. The number of rotatable bonds is 12. The highest BCUT2D eigenvalue weighted by Crippen LogP contribution is 2.16. The molecule has 0 heterocycles. The van der Waals surface area contributed by atoms with Gasteiger partial charge in [-0.3, -0.25) is 0 Å². The maximum absolute atomic E-state index is 2.33. The SMILES string of the molecule is CCCC[N+](CCCC)(CCCC)CCC[SiH3].[Br-]. The highest BCUT2D eigenvalue weighted by molar-refractivity contribution is 6.08. The Morgan fingerprint density at radius 1 is 0.667 bits per heavy atom. The summed E-state index contributed by atoms with van der Waals surface area (Å²) < 4.78 is 1.44. The molecular weight excluding hydrogens is 302 g/mol. The van der Waals surface area contributed by atoms with Crippen LogP contribution in [-0.4, -0.2) is 40.9 Å². The van der Waals surface area contributed by atoms with E-state index in [0.29, 0.717) is 0 Å². The minimum atomic E-state index is 0. The summed E-state index contributed by atoms with van der Waals surface area (Å²) in [5, 5.41) is 0. The molecule has 0 N–H and O–H groups in total. The first-order valence-corrected chi connectivity index (χ1v) is 9.51. The second kappa shape index (κ2) is 14.1. The van der Waals surface area contributed by atoms with E-state index < -0.39 is 0 Å². The third-order valence-corrected chi connectivity index (χ3v) is 4.65. The molecule has 1 nitrogen and oxygen atoms in total. The van der Waals surface area contributed by atoms with Crippen molar-refractivity contribution in [2.75, 3.05) is 26.2 Å². The van der Waals surface area contributed by atoms with Crippen molar-refractivity contribution in [2.45, 2.75) is 71.8 Å². The van der Waals surface area contributed by atoms with Gasteiger partial charge in [-0.1, -0.05) is 46.1 Å². The second-order valence-electron chi connectivity index (χ2n) is 5.65. The van der Waals surface area contributed by atoms with E-state index in [1.165, 1.54) is 91.9 Å². The molecule has 0 aromatic heterocycles. The number of quaternary nitrogens is 1. The van der Waals surface area contributed by atoms with Gasteiger partial charge in [0.2, 0.25) is 0 Å². The van der Waals surface area contributed by atoms with Gasteiger partial charge in [0.1, 0.15) is 0 Å². The summed E-state index contributed by atoms with van der Waals surface area (Å²) in [6.07, 6.45) is 9.83. The molecule has 0 bridgehead atoms. The summed E-state index contributed by atoms with van der Waals surface area (Å²) in [6.45, 7) is 12.8. The summed E-state index contributed by atoms with van der Waals surface area (Å²) in [4.78, 5) is 0. The molecule has 0 aromatic carbocycles. The zero-order valence-corrected chi connectivity index (χ0v) is 16.9. The average Bonchev–Trinajstić information content (AvgIpc) is 2.37. The van der Waals surface area contributed by atoms with Crippen LogP contribution in [0.2, 0.25) is 6.04 Å². The average molecular weight is 338 g/mol. The molecule has 0 spiro atoms. The monoisotopic (exact) mass is 337 g/mol. The molecule has 0 saturated carbocycles. The number of halogens is 1. The molecule has 112 valence electrons. The molecule has 3 heteroatoms. The molecule has 0 unspecified atom stereocenters. The number of hydrogen-bond donors (Lipinski definition) is 0.